The van der Waals surface area contributed by atoms with E-state index in [9.17, 15) is 24.9 Å². The van der Waals surface area contributed by atoms with Gasteiger partial charge in [-0.2, -0.15) is 0 Å². The Bertz CT molecular complexity index is 1880. The van der Waals surface area contributed by atoms with Crippen LogP contribution in [0, 0.1) is 17.6 Å². The molecule has 1 amide bonds. The molecule has 0 aliphatic carbocycles. The van der Waals surface area contributed by atoms with Gasteiger partial charge in [0.1, 0.15) is 11.6 Å². The van der Waals surface area contributed by atoms with E-state index in [4.69, 9.17) is 4.74 Å². The Balaban J connectivity index is 0.943. The summed E-state index contributed by atoms with van der Waals surface area (Å²) in [5.74, 6) is -1.64. The van der Waals surface area contributed by atoms with Crippen LogP contribution < -0.4 is 15.6 Å². The minimum Gasteiger partial charge on any atom is -0.506 e. The molecule has 4 aromatic rings. The molecule has 4 heterocycles. The maximum Gasteiger partial charge on any atom is 0.408 e. The van der Waals surface area contributed by atoms with Gasteiger partial charge in [0, 0.05) is 24.5 Å². The van der Waals surface area contributed by atoms with Crippen LogP contribution in [0.4, 0.5) is 13.6 Å². The van der Waals surface area contributed by atoms with E-state index in [2.05, 4.69) is 15.2 Å². The zero-order valence-electron chi connectivity index (χ0n) is 30.0. The third-order valence-electron chi connectivity index (χ3n) is 10.8. The molecule has 0 saturated carbocycles. The maximum absolute atomic E-state index is 16.2. The number of nitrogens with zero attached hydrogens (tertiary/aromatic N) is 2. The second kappa shape index (κ2) is 18.0. The molecule has 3 aliphatic rings. The van der Waals surface area contributed by atoms with E-state index in [1.165, 1.54) is 29.2 Å². The van der Waals surface area contributed by atoms with Crippen LogP contribution in [0.3, 0.4) is 0 Å². The lowest BCUT2D eigenvalue weighted by molar-refractivity contribution is -0.00174. The van der Waals surface area contributed by atoms with Gasteiger partial charge in [0.15, 0.2) is 11.6 Å². The van der Waals surface area contributed by atoms with Gasteiger partial charge in [-0.1, -0.05) is 68.5 Å². The van der Waals surface area contributed by atoms with Crippen molar-refractivity contribution in [2.75, 3.05) is 39.3 Å². The smallest absolute Gasteiger partial charge is 0.408 e. The number of fused-ring (bicyclic) bond motifs is 4. The van der Waals surface area contributed by atoms with Crippen LogP contribution in [0.1, 0.15) is 86.6 Å². The fourth-order valence-electron chi connectivity index (χ4n) is 8.02. The number of aliphatic hydroxyl groups is 1. The molecular weight excluding hydrogens is 682 g/mol. The van der Waals surface area contributed by atoms with Crippen molar-refractivity contribution in [1.82, 2.24) is 20.1 Å². The number of halogens is 2. The molecule has 5 N–H and O–H groups in total. The summed E-state index contributed by atoms with van der Waals surface area (Å²) < 4.78 is 37.7. The largest absolute Gasteiger partial charge is 0.506 e. The second-order valence-electron chi connectivity index (χ2n) is 14.3. The number of pyridine rings is 1. The third kappa shape index (κ3) is 9.17. The molecule has 284 valence electrons. The van der Waals surface area contributed by atoms with Crippen LogP contribution in [-0.4, -0.2) is 81.6 Å². The van der Waals surface area contributed by atoms with Crippen LogP contribution >= 0.6 is 0 Å². The predicted molar refractivity (Wildman–Crippen MR) is 199 cm³/mol. The SMILES string of the molecule is O=C(O)N(C(c1ccccc1)c1c(F)ccc(OCCCCCCCCCNC[C@H](O)c2ccc(O)c3[nH]c(=O)ccc23)c1F)[C@H]1CN2CCC1CC2. The molecule has 12 heteroatoms. The molecule has 1 unspecified atom stereocenters. The summed E-state index contributed by atoms with van der Waals surface area (Å²) in [6, 6.07) is 15.8. The molecule has 2 bridgehead atoms. The number of carbonyl (C=O) groups is 1. The molecule has 3 aromatic carbocycles. The van der Waals surface area contributed by atoms with Gasteiger partial charge in [0.25, 0.3) is 0 Å². The van der Waals surface area contributed by atoms with Crippen LogP contribution in [0.2, 0.25) is 0 Å². The number of unbranched alkanes of at least 4 members (excludes halogenated alkanes) is 6. The molecule has 3 saturated heterocycles. The van der Waals surface area contributed by atoms with Gasteiger partial charge in [-0.05, 0) is 86.6 Å². The number of ether oxygens (including phenoxy) is 1. The number of H-pyrrole nitrogens is 1. The quantitative estimate of drug-likeness (QED) is 0.0683. The lowest BCUT2D eigenvalue weighted by atomic mass is 9.81. The van der Waals surface area contributed by atoms with E-state index in [1.54, 1.807) is 42.5 Å². The summed E-state index contributed by atoms with van der Waals surface area (Å²) >= 11 is 0. The van der Waals surface area contributed by atoms with Gasteiger partial charge in [0.05, 0.1) is 35.9 Å². The number of hydrogen-bond donors (Lipinski definition) is 5. The number of nitrogens with one attached hydrogen (secondary N) is 2. The number of aromatic amines is 1. The highest BCUT2D eigenvalue weighted by molar-refractivity contribution is 5.87. The number of aliphatic hydroxyl groups excluding tert-OH is 1. The van der Waals surface area contributed by atoms with Crippen LogP contribution in [0.5, 0.6) is 11.5 Å². The highest BCUT2D eigenvalue weighted by Crippen LogP contribution is 2.41. The third-order valence-corrected chi connectivity index (χ3v) is 10.8. The van der Waals surface area contributed by atoms with Gasteiger partial charge in [0.2, 0.25) is 5.56 Å². The fraction of sp³-hybridized carbons (Fsp3) is 0.463. The fourth-order valence-corrected chi connectivity index (χ4v) is 8.02. The minimum atomic E-state index is -1.20. The zero-order valence-corrected chi connectivity index (χ0v) is 30.0. The number of carboxylic acid groups (broad SMARTS) is 1. The summed E-state index contributed by atoms with van der Waals surface area (Å²) in [5.41, 5.74) is 0.835. The lowest BCUT2D eigenvalue weighted by Crippen LogP contribution is -2.59. The van der Waals surface area contributed by atoms with Crippen molar-refractivity contribution >= 4 is 17.0 Å². The summed E-state index contributed by atoms with van der Waals surface area (Å²) in [7, 11) is 0. The summed E-state index contributed by atoms with van der Waals surface area (Å²) in [4.78, 5) is 30.7. The number of rotatable bonds is 18. The molecule has 53 heavy (non-hydrogen) atoms. The molecule has 3 atom stereocenters. The lowest BCUT2D eigenvalue weighted by Gasteiger charge is -2.50. The van der Waals surface area contributed by atoms with Crippen molar-refractivity contribution < 1.29 is 33.6 Å². The normalized spacial score (nSPS) is 19.3. The van der Waals surface area contributed by atoms with Crippen LogP contribution in [0.25, 0.3) is 10.9 Å². The monoisotopic (exact) mass is 732 g/mol. The van der Waals surface area contributed by atoms with E-state index in [1.807, 2.05) is 0 Å². The highest BCUT2D eigenvalue weighted by Gasteiger charge is 2.44. The summed E-state index contributed by atoms with van der Waals surface area (Å²) in [6.45, 7) is 3.73. The number of benzene rings is 3. The standard InChI is InChI=1S/C41H50F2N4O6/c42-31-15-17-35(38(43)37(31)40(28-11-7-6-8-12-28)47(41(51)52)32-26-46-22-19-27(32)20-23-46)53-24-10-5-3-1-2-4-9-21-44-25-34(49)29-13-16-33(48)39-30(29)14-18-36(50)45-39/h6-8,11-18,27,32,34,40,44,48-49H,1-5,9-10,19-26H2,(H,45,50)(H,51,52)/t32-,34-,40?/m0/s1. The molecule has 10 nitrogen and oxygen atoms in total. The Morgan fingerprint density at radius 1 is 0.943 bits per heavy atom. The average Bonchev–Trinajstić information content (AvgIpc) is 3.16. The van der Waals surface area contributed by atoms with Crippen molar-refractivity contribution in [2.45, 2.75) is 76.0 Å². The molecule has 1 aromatic heterocycles. The molecule has 0 spiro atoms. The molecule has 3 fully saturated rings. The topological polar surface area (TPSA) is 138 Å². The highest BCUT2D eigenvalue weighted by atomic mass is 19.1. The van der Waals surface area contributed by atoms with Crippen molar-refractivity contribution in [3.8, 4) is 11.5 Å². The van der Waals surface area contributed by atoms with Gasteiger partial charge in [-0.25, -0.2) is 13.6 Å². The van der Waals surface area contributed by atoms with E-state index >= 15 is 8.78 Å². The first-order chi connectivity index (χ1) is 25.7. The number of amides is 1. The number of hydrogen-bond acceptors (Lipinski definition) is 7. The van der Waals surface area contributed by atoms with Gasteiger partial charge in [-0.3, -0.25) is 9.69 Å². The first kappa shape index (κ1) is 38.2. The Morgan fingerprint density at radius 3 is 2.36 bits per heavy atom. The van der Waals surface area contributed by atoms with E-state index < -0.39 is 29.9 Å². The Kier molecular flexibility index (Phi) is 13.0. The van der Waals surface area contributed by atoms with Crippen molar-refractivity contribution in [3.63, 3.8) is 0 Å². The van der Waals surface area contributed by atoms with E-state index in [0.29, 0.717) is 41.5 Å². The van der Waals surface area contributed by atoms with Crippen LogP contribution in [0.15, 0.2) is 71.5 Å². The van der Waals surface area contributed by atoms with Crippen molar-refractivity contribution in [2.24, 2.45) is 5.92 Å². The predicted octanol–water partition coefficient (Wildman–Crippen LogP) is 7.11. The number of piperidine rings is 3. The van der Waals surface area contributed by atoms with Crippen molar-refractivity contribution in [1.29, 1.82) is 0 Å². The second-order valence-corrected chi connectivity index (χ2v) is 14.3. The molecule has 3 aliphatic heterocycles. The number of aromatic nitrogens is 1. The minimum absolute atomic E-state index is 0.0391. The molecule has 7 rings (SSSR count). The Labute approximate surface area is 308 Å². The van der Waals surface area contributed by atoms with Gasteiger partial charge >= 0.3 is 6.09 Å². The number of aromatic hydroxyl groups is 1. The number of phenols is 1. The zero-order chi connectivity index (χ0) is 37.3. The Morgan fingerprint density at radius 2 is 1.66 bits per heavy atom. The van der Waals surface area contributed by atoms with Crippen LogP contribution in [-0.2, 0) is 0 Å². The van der Waals surface area contributed by atoms with Gasteiger partial charge < -0.3 is 35.3 Å². The van der Waals surface area contributed by atoms with E-state index in [0.717, 1.165) is 71.0 Å². The Hall–Kier alpha value is -4.52. The molecular formula is C41H50F2N4O6. The molecule has 0 radical (unpaired) electrons. The average molecular weight is 733 g/mol. The van der Waals surface area contributed by atoms with Crippen molar-refractivity contribution in [3.05, 3.63) is 105 Å². The summed E-state index contributed by atoms with van der Waals surface area (Å²) in [5, 5.41) is 35.2. The first-order valence-electron chi connectivity index (χ1n) is 18.9. The van der Waals surface area contributed by atoms with Gasteiger partial charge in [-0.15, -0.1) is 0 Å². The maximum atomic E-state index is 16.2. The summed E-state index contributed by atoms with van der Waals surface area (Å²) in [6.07, 6.45) is 6.40. The first-order valence-corrected chi connectivity index (χ1v) is 18.9. The van der Waals surface area contributed by atoms with E-state index in [-0.39, 0.29) is 41.2 Å². The number of phenolic OH excluding ortho intramolecular Hbond substituents is 1.